The number of rotatable bonds is 5. The van der Waals surface area contributed by atoms with Gasteiger partial charge in [-0.15, -0.1) is 11.3 Å². The highest BCUT2D eigenvalue weighted by atomic mass is 79.9. The van der Waals surface area contributed by atoms with E-state index in [9.17, 15) is 0 Å². The summed E-state index contributed by atoms with van der Waals surface area (Å²) in [5.41, 5.74) is 1.33. The molecule has 0 spiro atoms. The number of hydrogen-bond donors (Lipinski definition) is 2. The van der Waals surface area contributed by atoms with Crippen LogP contribution >= 0.6 is 27.3 Å². The Morgan fingerprint density at radius 1 is 1.17 bits per heavy atom. The molecule has 0 bridgehead atoms. The maximum absolute atomic E-state index is 4.81. The zero-order chi connectivity index (χ0) is 20.6. The summed E-state index contributed by atoms with van der Waals surface area (Å²) in [6.45, 7) is 10.1. The zero-order valence-electron chi connectivity index (χ0n) is 17.6. The molecule has 0 aliphatic carbocycles. The van der Waals surface area contributed by atoms with Crippen molar-refractivity contribution in [3.63, 3.8) is 0 Å². The number of nitrogens with zero attached hydrogens (tertiary/aromatic N) is 2. The molecule has 0 saturated carbocycles. The Kier molecular flexibility index (Phi) is 5.70. The van der Waals surface area contributed by atoms with Crippen molar-refractivity contribution in [2.24, 2.45) is 5.92 Å². The topological polar surface area (TPSA) is 49.8 Å². The van der Waals surface area contributed by atoms with E-state index in [1.807, 2.05) is 6.20 Å². The Morgan fingerprint density at radius 2 is 1.90 bits per heavy atom. The molecule has 1 aliphatic rings. The molecule has 1 aliphatic heterocycles. The maximum atomic E-state index is 4.81. The molecule has 3 heterocycles. The number of fused-ring (bicyclic) bond motifs is 1. The van der Waals surface area contributed by atoms with Crippen molar-refractivity contribution in [3.05, 3.63) is 41.0 Å². The Labute approximate surface area is 185 Å². The van der Waals surface area contributed by atoms with Crippen LogP contribution in [0.15, 0.2) is 41.0 Å². The third-order valence-electron chi connectivity index (χ3n) is 5.51. The summed E-state index contributed by atoms with van der Waals surface area (Å²) in [5, 5.41) is 8.48. The van der Waals surface area contributed by atoms with E-state index in [-0.39, 0.29) is 11.1 Å². The fraction of sp³-hybridized carbons (Fsp3) is 0.478. The van der Waals surface area contributed by atoms with Crippen LogP contribution in [0.2, 0.25) is 0 Å². The Balaban J connectivity index is 1.44. The predicted molar refractivity (Wildman–Crippen MR) is 128 cm³/mol. The number of aromatic nitrogens is 2. The molecule has 0 atom stereocenters. The number of piperidine rings is 1. The van der Waals surface area contributed by atoms with Crippen molar-refractivity contribution in [3.8, 4) is 10.6 Å². The van der Waals surface area contributed by atoms with Crippen LogP contribution in [0.25, 0.3) is 20.7 Å². The highest BCUT2D eigenvalue weighted by Gasteiger charge is 2.37. The number of hydrogen-bond acceptors (Lipinski definition) is 5. The van der Waals surface area contributed by atoms with E-state index in [1.165, 1.54) is 22.9 Å². The molecule has 1 fully saturated rings. The zero-order valence-corrected chi connectivity index (χ0v) is 20.0. The molecule has 0 radical (unpaired) electrons. The number of benzene rings is 1. The number of thiophene rings is 1. The summed E-state index contributed by atoms with van der Waals surface area (Å²) in [6.07, 6.45) is 5.39. The van der Waals surface area contributed by atoms with Crippen LogP contribution < -0.4 is 10.6 Å². The van der Waals surface area contributed by atoms with E-state index in [0.29, 0.717) is 11.9 Å². The number of anilines is 1. The van der Waals surface area contributed by atoms with Crippen molar-refractivity contribution in [1.82, 2.24) is 15.3 Å². The Hall–Kier alpha value is -1.50. The smallest absolute Gasteiger partial charge is 0.223 e. The summed E-state index contributed by atoms with van der Waals surface area (Å²) >= 11 is 5.39. The van der Waals surface area contributed by atoms with Crippen molar-refractivity contribution < 1.29 is 0 Å². The highest BCUT2D eigenvalue weighted by molar-refractivity contribution is 9.10. The van der Waals surface area contributed by atoms with Gasteiger partial charge in [-0.25, -0.2) is 9.97 Å². The predicted octanol–water partition coefficient (Wildman–Crippen LogP) is 6.48. The maximum Gasteiger partial charge on any atom is 0.223 e. The van der Waals surface area contributed by atoms with Gasteiger partial charge in [0.05, 0.1) is 9.35 Å². The second-order valence-electron chi connectivity index (χ2n) is 9.42. The van der Waals surface area contributed by atoms with Gasteiger partial charge in [-0.1, -0.05) is 18.2 Å². The first-order chi connectivity index (χ1) is 13.7. The van der Waals surface area contributed by atoms with Gasteiger partial charge in [0.15, 0.2) is 0 Å². The first-order valence-electron chi connectivity index (χ1n) is 10.3. The quantitative estimate of drug-likeness (QED) is 0.445. The van der Waals surface area contributed by atoms with E-state index in [4.69, 9.17) is 4.98 Å². The Bertz CT molecular complexity index is 962. The van der Waals surface area contributed by atoms with E-state index in [0.717, 1.165) is 28.0 Å². The molecule has 0 amide bonds. The lowest BCUT2D eigenvalue weighted by molar-refractivity contribution is 0.125. The lowest BCUT2D eigenvalue weighted by Gasteiger charge is -2.46. The molecule has 2 aromatic heterocycles. The SMILES string of the molecule is CC1(C)CC(CCNc2ncc(Br)c(-c3cc4ccccc4s3)n2)CC(C)(C)N1. The normalized spacial score (nSPS) is 18.8. The second kappa shape index (κ2) is 7.97. The largest absolute Gasteiger partial charge is 0.354 e. The fourth-order valence-electron chi connectivity index (χ4n) is 4.85. The van der Waals surface area contributed by atoms with Gasteiger partial charge in [0, 0.05) is 28.5 Å². The van der Waals surface area contributed by atoms with Gasteiger partial charge in [0.2, 0.25) is 5.95 Å². The van der Waals surface area contributed by atoms with Crippen LogP contribution in [0.4, 0.5) is 5.95 Å². The van der Waals surface area contributed by atoms with Crippen molar-refractivity contribution in [1.29, 1.82) is 0 Å². The lowest BCUT2D eigenvalue weighted by atomic mass is 9.75. The van der Waals surface area contributed by atoms with Gasteiger partial charge in [0.1, 0.15) is 5.69 Å². The average molecular weight is 473 g/mol. The minimum atomic E-state index is 0.189. The average Bonchev–Trinajstić information content (AvgIpc) is 3.04. The lowest BCUT2D eigenvalue weighted by Crippen LogP contribution is -2.57. The van der Waals surface area contributed by atoms with Crippen LogP contribution in [0, 0.1) is 5.92 Å². The minimum Gasteiger partial charge on any atom is -0.354 e. The third-order valence-corrected chi connectivity index (χ3v) is 7.22. The molecule has 0 unspecified atom stereocenters. The molecular formula is C23H29BrN4S. The van der Waals surface area contributed by atoms with Gasteiger partial charge in [0.25, 0.3) is 0 Å². The molecule has 3 aromatic rings. The van der Waals surface area contributed by atoms with Crippen molar-refractivity contribution >= 4 is 43.3 Å². The van der Waals surface area contributed by atoms with Gasteiger partial charge >= 0.3 is 0 Å². The molecule has 4 rings (SSSR count). The fourth-order valence-corrected chi connectivity index (χ4v) is 6.45. The molecule has 4 nitrogen and oxygen atoms in total. The van der Waals surface area contributed by atoms with Gasteiger partial charge < -0.3 is 10.6 Å². The van der Waals surface area contributed by atoms with Gasteiger partial charge in [-0.2, -0.15) is 0 Å². The number of halogens is 1. The summed E-state index contributed by atoms with van der Waals surface area (Å²) in [6, 6.07) is 10.7. The van der Waals surface area contributed by atoms with E-state index in [2.05, 4.69) is 89.6 Å². The van der Waals surface area contributed by atoms with Crippen LogP contribution in [0.3, 0.4) is 0 Å². The monoisotopic (exact) mass is 472 g/mol. The summed E-state index contributed by atoms with van der Waals surface area (Å²) in [7, 11) is 0. The molecule has 6 heteroatoms. The first-order valence-corrected chi connectivity index (χ1v) is 11.9. The van der Waals surface area contributed by atoms with Crippen molar-refractivity contribution in [2.45, 2.75) is 58.0 Å². The highest BCUT2D eigenvalue weighted by Crippen LogP contribution is 2.37. The summed E-state index contributed by atoms with van der Waals surface area (Å²) in [4.78, 5) is 10.4. The molecule has 1 aromatic carbocycles. The molecule has 29 heavy (non-hydrogen) atoms. The first kappa shape index (κ1) is 20.8. The summed E-state index contributed by atoms with van der Waals surface area (Å²) in [5.74, 6) is 1.40. The van der Waals surface area contributed by atoms with E-state index < -0.39 is 0 Å². The van der Waals surface area contributed by atoms with Crippen LogP contribution in [-0.2, 0) is 0 Å². The van der Waals surface area contributed by atoms with E-state index >= 15 is 0 Å². The standard InChI is InChI=1S/C23H29BrN4S/c1-22(2)12-15(13-23(3,4)28-22)9-10-25-21-26-14-17(24)20(27-21)19-11-16-7-5-6-8-18(16)29-19/h5-8,11,14-15,28H,9-10,12-13H2,1-4H3,(H,25,26,27). The van der Waals surface area contributed by atoms with Crippen LogP contribution in [0.5, 0.6) is 0 Å². The summed E-state index contributed by atoms with van der Waals surface area (Å²) < 4.78 is 2.20. The van der Waals surface area contributed by atoms with Gasteiger partial charge in [-0.05, 0) is 86.3 Å². The molecule has 154 valence electrons. The minimum absolute atomic E-state index is 0.189. The van der Waals surface area contributed by atoms with Crippen molar-refractivity contribution in [2.75, 3.05) is 11.9 Å². The van der Waals surface area contributed by atoms with Crippen LogP contribution in [-0.4, -0.2) is 27.6 Å². The molecule has 1 saturated heterocycles. The Morgan fingerprint density at radius 3 is 2.62 bits per heavy atom. The second-order valence-corrected chi connectivity index (χ2v) is 11.4. The third kappa shape index (κ3) is 4.98. The van der Waals surface area contributed by atoms with E-state index in [1.54, 1.807) is 11.3 Å². The number of nitrogens with one attached hydrogen (secondary N) is 2. The molecular weight excluding hydrogens is 444 g/mol. The van der Waals surface area contributed by atoms with Crippen LogP contribution in [0.1, 0.15) is 47.0 Å². The molecule has 2 N–H and O–H groups in total. The van der Waals surface area contributed by atoms with Gasteiger partial charge in [-0.3, -0.25) is 0 Å².